The summed E-state index contributed by atoms with van der Waals surface area (Å²) in [4.78, 5) is 0. The van der Waals surface area contributed by atoms with Crippen molar-refractivity contribution in [3.8, 4) is 0 Å². The molecule has 2 aliphatic rings. The molecule has 0 spiro atoms. The average Bonchev–Trinajstić information content (AvgIpc) is 2.32. The predicted molar refractivity (Wildman–Crippen MR) is 69.0 cm³/mol. The lowest BCUT2D eigenvalue weighted by Gasteiger charge is -2.33. The smallest absolute Gasteiger partial charge is 0.0815 e. The lowest BCUT2D eigenvalue weighted by Crippen LogP contribution is -2.46. The van der Waals surface area contributed by atoms with Crippen LogP contribution in [0.3, 0.4) is 0 Å². The van der Waals surface area contributed by atoms with Gasteiger partial charge in [0.15, 0.2) is 0 Å². The lowest BCUT2D eigenvalue weighted by atomic mass is 9.83. The van der Waals surface area contributed by atoms with E-state index >= 15 is 0 Å². The van der Waals surface area contributed by atoms with Gasteiger partial charge >= 0.3 is 0 Å². The van der Waals surface area contributed by atoms with E-state index < -0.39 is 5.60 Å². The van der Waals surface area contributed by atoms with Crippen molar-refractivity contribution in [1.29, 1.82) is 0 Å². The quantitative estimate of drug-likeness (QED) is 0.790. The molecule has 2 fully saturated rings. The summed E-state index contributed by atoms with van der Waals surface area (Å²) in [5.74, 6) is 1.75. The lowest BCUT2D eigenvalue weighted by molar-refractivity contribution is -0.0619. The molecule has 2 N–H and O–H groups in total. The van der Waals surface area contributed by atoms with Crippen molar-refractivity contribution >= 4 is 0 Å². The molecule has 100 valence electrons. The van der Waals surface area contributed by atoms with Crippen molar-refractivity contribution in [2.24, 2.45) is 11.8 Å². The van der Waals surface area contributed by atoms with Gasteiger partial charge in [0.2, 0.25) is 0 Å². The van der Waals surface area contributed by atoms with E-state index in [1.807, 2.05) is 0 Å². The number of rotatable bonds is 4. The Balaban J connectivity index is 1.62. The predicted octanol–water partition coefficient (Wildman–Crippen LogP) is 1.94. The molecule has 0 radical (unpaired) electrons. The molecule has 0 aromatic carbocycles. The third-order valence-corrected chi connectivity index (χ3v) is 4.45. The summed E-state index contributed by atoms with van der Waals surface area (Å²) in [5.41, 5.74) is -0.514. The highest BCUT2D eigenvalue weighted by atomic mass is 16.5. The van der Waals surface area contributed by atoms with Gasteiger partial charge in [-0.25, -0.2) is 0 Å². The molecule has 3 heteroatoms. The van der Waals surface area contributed by atoms with Crippen LogP contribution in [-0.2, 0) is 4.74 Å². The number of hydrogen-bond donors (Lipinski definition) is 2. The molecule has 0 atom stereocenters. The van der Waals surface area contributed by atoms with Gasteiger partial charge in [-0.05, 0) is 31.2 Å². The van der Waals surface area contributed by atoms with Gasteiger partial charge in [0.25, 0.3) is 0 Å². The van der Waals surface area contributed by atoms with Gasteiger partial charge in [-0.3, -0.25) is 0 Å². The zero-order valence-corrected chi connectivity index (χ0v) is 11.1. The maximum atomic E-state index is 10.3. The fourth-order valence-corrected chi connectivity index (χ4v) is 2.97. The first-order valence-electron chi connectivity index (χ1n) is 7.19. The fraction of sp³-hybridized carbons (Fsp3) is 1.00. The number of aliphatic hydroxyl groups is 1. The van der Waals surface area contributed by atoms with Crippen LogP contribution in [0.2, 0.25) is 0 Å². The van der Waals surface area contributed by atoms with Gasteiger partial charge in [-0.1, -0.05) is 19.8 Å². The highest BCUT2D eigenvalue weighted by Gasteiger charge is 2.29. The van der Waals surface area contributed by atoms with Gasteiger partial charge in [0.05, 0.1) is 5.60 Å². The van der Waals surface area contributed by atoms with Crippen molar-refractivity contribution in [3.05, 3.63) is 0 Å². The van der Waals surface area contributed by atoms with Crippen LogP contribution >= 0.6 is 0 Å². The van der Waals surface area contributed by atoms with E-state index in [0.29, 0.717) is 13.2 Å². The zero-order valence-electron chi connectivity index (χ0n) is 11.1. The Morgan fingerprint density at radius 3 is 2.47 bits per heavy atom. The van der Waals surface area contributed by atoms with E-state index in [1.54, 1.807) is 0 Å². The highest BCUT2D eigenvalue weighted by Crippen LogP contribution is 2.28. The molecule has 3 nitrogen and oxygen atoms in total. The Morgan fingerprint density at radius 2 is 1.82 bits per heavy atom. The zero-order chi connectivity index (χ0) is 12.1. The van der Waals surface area contributed by atoms with Crippen LogP contribution in [0.1, 0.15) is 45.4 Å². The highest BCUT2D eigenvalue weighted by molar-refractivity contribution is 4.84. The minimum atomic E-state index is -0.514. The van der Waals surface area contributed by atoms with Crippen LogP contribution < -0.4 is 5.32 Å². The van der Waals surface area contributed by atoms with Crippen molar-refractivity contribution in [2.45, 2.75) is 51.0 Å². The molecule has 0 aromatic rings. The Bertz CT molecular complexity index is 218. The van der Waals surface area contributed by atoms with Crippen molar-refractivity contribution < 1.29 is 9.84 Å². The van der Waals surface area contributed by atoms with Crippen LogP contribution in [0.4, 0.5) is 0 Å². The molecule has 1 saturated heterocycles. The molecular weight excluding hydrogens is 214 g/mol. The summed E-state index contributed by atoms with van der Waals surface area (Å²) in [6.45, 7) is 5.59. The number of hydrogen-bond acceptors (Lipinski definition) is 3. The average molecular weight is 241 g/mol. The van der Waals surface area contributed by atoms with Gasteiger partial charge < -0.3 is 15.2 Å². The summed E-state index contributed by atoms with van der Waals surface area (Å²) in [6, 6.07) is 0. The van der Waals surface area contributed by atoms with E-state index in [9.17, 15) is 5.11 Å². The molecule has 1 aliphatic carbocycles. The Kier molecular flexibility index (Phi) is 4.83. The van der Waals surface area contributed by atoms with Crippen molar-refractivity contribution in [2.75, 3.05) is 26.3 Å². The molecule has 0 aromatic heterocycles. The van der Waals surface area contributed by atoms with Crippen molar-refractivity contribution in [3.63, 3.8) is 0 Å². The second-order valence-electron chi connectivity index (χ2n) is 6.09. The molecule has 0 unspecified atom stereocenters. The molecule has 17 heavy (non-hydrogen) atoms. The largest absolute Gasteiger partial charge is 0.388 e. The maximum absolute atomic E-state index is 10.3. The molecule has 1 aliphatic heterocycles. The fourth-order valence-electron chi connectivity index (χ4n) is 2.97. The first-order valence-corrected chi connectivity index (χ1v) is 7.19. The second kappa shape index (κ2) is 6.17. The minimum absolute atomic E-state index is 0.514. The third-order valence-electron chi connectivity index (χ3n) is 4.45. The Labute approximate surface area is 105 Å². The van der Waals surface area contributed by atoms with Gasteiger partial charge in [-0.2, -0.15) is 0 Å². The van der Waals surface area contributed by atoms with Gasteiger partial charge in [0.1, 0.15) is 0 Å². The van der Waals surface area contributed by atoms with Crippen LogP contribution in [0.25, 0.3) is 0 Å². The standard InChI is InChI=1S/C14H27NO2/c1-12-2-4-13(5-3-12)10-15-11-14(16)6-8-17-9-7-14/h12-13,15-16H,2-11H2,1H3. The van der Waals surface area contributed by atoms with E-state index in [2.05, 4.69) is 12.2 Å². The maximum Gasteiger partial charge on any atom is 0.0815 e. The Hall–Kier alpha value is -0.120. The van der Waals surface area contributed by atoms with Crippen LogP contribution in [-0.4, -0.2) is 37.0 Å². The Morgan fingerprint density at radius 1 is 1.18 bits per heavy atom. The molecule has 0 amide bonds. The molecule has 1 saturated carbocycles. The second-order valence-corrected chi connectivity index (χ2v) is 6.09. The summed E-state index contributed by atoms with van der Waals surface area (Å²) in [5, 5.41) is 13.8. The number of nitrogens with one attached hydrogen (secondary N) is 1. The molecular formula is C14H27NO2. The summed E-state index contributed by atoms with van der Waals surface area (Å²) in [7, 11) is 0. The summed E-state index contributed by atoms with van der Waals surface area (Å²) in [6.07, 6.45) is 7.03. The van der Waals surface area contributed by atoms with Crippen molar-refractivity contribution in [1.82, 2.24) is 5.32 Å². The molecule has 2 rings (SSSR count). The SMILES string of the molecule is CC1CCC(CNCC2(O)CCOCC2)CC1. The summed E-state index contributed by atoms with van der Waals surface area (Å²) < 4.78 is 5.29. The van der Waals surface area contributed by atoms with Gasteiger partial charge in [0, 0.05) is 32.6 Å². The van der Waals surface area contributed by atoms with Crippen LogP contribution in [0.15, 0.2) is 0 Å². The molecule has 0 bridgehead atoms. The normalized spacial score (nSPS) is 33.5. The van der Waals surface area contributed by atoms with Gasteiger partial charge in [-0.15, -0.1) is 0 Å². The topological polar surface area (TPSA) is 41.5 Å². The number of ether oxygens (including phenoxy) is 1. The van der Waals surface area contributed by atoms with E-state index in [4.69, 9.17) is 4.74 Å². The monoisotopic (exact) mass is 241 g/mol. The third kappa shape index (κ3) is 4.23. The van der Waals surface area contributed by atoms with E-state index in [1.165, 1.54) is 25.7 Å². The summed E-state index contributed by atoms with van der Waals surface area (Å²) >= 11 is 0. The van der Waals surface area contributed by atoms with E-state index in [-0.39, 0.29) is 0 Å². The first-order chi connectivity index (χ1) is 8.18. The van der Waals surface area contributed by atoms with Crippen LogP contribution in [0, 0.1) is 11.8 Å². The molecule has 1 heterocycles. The van der Waals surface area contributed by atoms with Crippen LogP contribution in [0.5, 0.6) is 0 Å². The minimum Gasteiger partial charge on any atom is -0.388 e. The first kappa shape index (κ1) is 13.3. The van der Waals surface area contributed by atoms with E-state index in [0.717, 1.165) is 37.8 Å².